The van der Waals surface area contributed by atoms with Crippen molar-refractivity contribution >= 4 is 5.69 Å². The molecule has 2 aliphatic rings. The lowest BCUT2D eigenvalue weighted by Crippen LogP contribution is -2.20. The molecule has 2 fully saturated rings. The quantitative estimate of drug-likeness (QED) is 0.854. The minimum absolute atomic E-state index is 0.694. The third kappa shape index (κ3) is 2.39. The summed E-state index contributed by atoms with van der Waals surface area (Å²) in [5.74, 6) is 2.94. The van der Waals surface area contributed by atoms with Gasteiger partial charge in [-0.05, 0) is 43.1 Å². The van der Waals surface area contributed by atoms with E-state index in [2.05, 4.69) is 29.6 Å². The Balaban J connectivity index is 1.59. The van der Waals surface area contributed by atoms with Crippen LogP contribution in [0.1, 0.15) is 31.2 Å². The minimum atomic E-state index is 0.694. The number of benzene rings is 1. The molecule has 0 aromatic heterocycles. The van der Waals surface area contributed by atoms with E-state index in [0.29, 0.717) is 6.61 Å². The molecular weight excluding hydrogens is 222 g/mol. The molecule has 0 amide bonds. The van der Waals surface area contributed by atoms with Crippen LogP contribution in [0.15, 0.2) is 24.3 Å². The maximum atomic E-state index is 5.25. The van der Waals surface area contributed by atoms with Crippen LogP contribution in [0.2, 0.25) is 0 Å². The molecule has 1 aromatic carbocycles. The predicted octanol–water partition coefficient (Wildman–Crippen LogP) is 3.68. The number of nitrogens with one attached hydrogen (secondary N) is 1. The molecule has 18 heavy (non-hydrogen) atoms. The second-order valence-electron chi connectivity index (χ2n) is 5.91. The van der Waals surface area contributed by atoms with Crippen molar-refractivity contribution in [2.24, 2.45) is 17.8 Å². The first-order chi connectivity index (χ1) is 8.86. The number of anilines is 1. The third-order valence-corrected chi connectivity index (χ3v) is 4.76. The molecule has 2 heteroatoms. The lowest BCUT2D eigenvalue weighted by molar-refractivity contribution is 0.185. The minimum Gasteiger partial charge on any atom is -0.384 e. The molecule has 0 aliphatic heterocycles. The SMILES string of the molecule is COCc1ccccc1NCC1CC2CCC1C2. The Bertz CT molecular complexity index is 404. The zero-order valence-corrected chi connectivity index (χ0v) is 11.2. The highest BCUT2D eigenvalue weighted by Gasteiger charge is 2.39. The summed E-state index contributed by atoms with van der Waals surface area (Å²) < 4.78 is 5.25. The topological polar surface area (TPSA) is 21.3 Å². The van der Waals surface area contributed by atoms with E-state index >= 15 is 0 Å². The number of ether oxygens (including phenoxy) is 1. The van der Waals surface area contributed by atoms with Crippen LogP contribution in [-0.2, 0) is 11.3 Å². The van der Waals surface area contributed by atoms with Gasteiger partial charge in [-0.25, -0.2) is 0 Å². The van der Waals surface area contributed by atoms with Gasteiger partial charge in [0.2, 0.25) is 0 Å². The largest absolute Gasteiger partial charge is 0.384 e. The summed E-state index contributed by atoms with van der Waals surface area (Å²) >= 11 is 0. The summed E-state index contributed by atoms with van der Waals surface area (Å²) in [5.41, 5.74) is 2.52. The molecule has 0 saturated heterocycles. The van der Waals surface area contributed by atoms with Gasteiger partial charge in [0, 0.05) is 24.9 Å². The Morgan fingerprint density at radius 1 is 1.22 bits per heavy atom. The molecule has 1 N–H and O–H groups in total. The van der Waals surface area contributed by atoms with Crippen molar-refractivity contribution in [3.8, 4) is 0 Å². The maximum Gasteiger partial charge on any atom is 0.0733 e. The number of methoxy groups -OCH3 is 1. The Hall–Kier alpha value is -1.02. The smallest absolute Gasteiger partial charge is 0.0733 e. The molecule has 2 bridgehead atoms. The standard InChI is InChI=1S/C16H23NO/c1-18-11-14-4-2-3-5-16(14)17-10-15-9-12-6-7-13(15)8-12/h2-5,12-13,15,17H,6-11H2,1H3. The fourth-order valence-corrected chi connectivity index (χ4v) is 3.84. The van der Waals surface area contributed by atoms with Crippen molar-refractivity contribution in [1.29, 1.82) is 0 Å². The van der Waals surface area contributed by atoms with Gasteiger partial charge in [-0.15, -0.1) is 0 Å². The Morgan fingerprint density at radius 2 is 2.11 bits per heavy atom. The molecule has 0 heterocycles. The van der Waals surface area contributed by atoms with Gasteiger partial charge in [-0.3, -0.25) is 0 Å². The van der Waals surface area contributed by atoms with E-state index in [1.54, 1.807) is 7.11 Å². The molecule has 0 radical (unpaired) electrons. The van der Waals surface area contributed by atoms with Gasteiger partial charge in [0.05, 0.1) is 6.61 Å². The second-order valence-corrected chi connectivity index (χ2v) is 5.91. The zero-order valence-electron chi connectivity index (χ0n) is 11.2. The van der Waals surface area contributed by atoms with Gasteiger partial charge in [0.15, 0.2) is 0 Å². The summed E-state index contributed by atoms with van der Waals surface area (Å²) in [4.78, 5) is 0. The Labute approximate surface area is 110 Å². The molecule has 1 aromatic rings. The van der Waals surface area contributed by atoms with Crippen LogP contribution >= 0.6 is 0 Å². The first-order valence-electron chi connectivity index (χ1n) is 7.17. The monoisotopic (exact) mass is 245 g/mol. The van der Waals surface area contributed by atoms with Crippen molar-refractivity contribution in [1.82, 2.24) is 0 Å². The molecular formula is C16H23NO. The number of fused-ring (bicyclic) bond motifs is 2. The molecule has 2 nitrogen and oxygen atoms in total. The van der Waals surface area contributed by atoms with Crippen LogP contribution < -0.4 is 5.32 Å². The summed E-state index contributed by atoms with van der Waals surface area (Å²) in [6, 6.07) is 8.49. The van der Waals surface area contributed by atoms with Crippen LogP contribution in [0, 0.1) is 17.8 Å². The van der Waals surface area contributed by atoms with Gasteiger partial charge in [0.25, 0.3) is 0 Å². The number of para-hydroxylation sites is 1. The van der Waals surface area contributed by atoms with Crippen LogP contribution in [0.25, 0.3) is 0 Å². The van der Waals surface area contributed by atoms with Crippen LogP contribution in [0.4, 0.5) is 5.69 Å². The first kappa shape index (κ1) is 12.0. The second kappa shape index (κ2) is 5.31. The number of rotatable bonds is 5. The maximum absolute atomic E-state index is 5.25. The van der Waals surface area contributed by atoms with Crippen molar-refractivity contribution in [2.45, 2.75) is 32.3 Å². The number of hydrogen-bond acceptors (Lipinski definition) is 2. The van der Waals surface area contributed by atoms with E-state index in [4.69, 9.17) is 4.74 Å². The van der Waals surface area contributed by atoms with E-state index in [-0.39, 0.29) is 0 Å². The van der Waals surface area contributed by atoms with Crippen LogP contribution in [0.5, 0.6) is 0 Å². The average molecular weight is 245 g/mol. The van der Waals surface area contributed by atoms with Gasteiger partial charge >= 0.3 is 0 Å². The van der Waals surface area contributed by atoms with Gasteiger partial charge < -0.3 is 10.1 Å². The van der Waals surface area contributed by atoms with Gasteiger partial charge in [-0.1, -0.05) is 24.6 Å². The lowest BCUT2D eigenvalue weighted by Gasteiger charge is -2.23. The summed E-state index contributed by atoms with van der Waals surface area (Å²) in [6.07, 6.45) is 5.90. The normalized spacial score (nSPS) is 29.7. The molecule has 98 valence electrons. The lowest BCUT2D eigenvalue weighted by atomic mass is 9.89. The van der Waals surface area contributed by atoms with Gasteiger partial charge in [-0.2, -0.15) is 0 Å². The highest BCUT2D eigenvalue weighted by atomic mass is 16.5. The molecule has 3 rings (SSSR count). The van der Waals surface area contributed by atoms with E-state index in [1.807, 2.05) is 0 Å². The fraction of sp³-hybridized carbons (Fsp3) is 0.625. The Morgan fingerprint density at radius 3 is 2.83 bits per heavy atom. The van der Waals surface area contributed by atoms with Crippen LogP contribution in [0.3, 0.4) is 0 Å². The van der Waals surface area contributed by atoms with Crippen molar-refractivity contribution in [3.63, 3.8) is 0 Å². The van der Waals surface area contributed by atoms with E-state index in [9.17, 15) is 0 Å². The molecule has 2 aliphatic carbocycles. The van der Waals surface area contributed by atoms with E-state index in [0.717, 1.165) is 24.3 Å². The molecule has 3 unspecified atom stereocenters. The predicted molar refractivity (Wildman–Crippen MR) is 74.6 cm³/mol. The first-order valence-corrected chi connectivity index (χ1v) is 7.17. The average Bonchev–Trinajstić information content (AvgIpc) is 3.00. The van der Waals surface area contributed by atoms with Crippen LogP contribution in [-0.4, -0.2) is 13.7 Å². The van der Waals surface area contributed by atoms with E-state index in [1.165, 1.54) is 36.9 Å². The summed E-state index contributed by atoms with van der Waals surface area (Å²) in [6.45, 7) is 1.84. The van der Waals surface area contributed by atoms with Crippen molar-refractivity contribution in [2.75, 3.05) is 19.0 Å². The van der Waals surface area contributed by atoms with Crippen molar-refractivity contribution < 1.29 is 4.74 Å². The molecule has 0 spiro atoms. The van der Waals surface area contributed by atoms with Gasteiger partial charge in [0.1, 0.15) is 0 Å². The highest BCUT2D eigenvalue weighted by Crippen LogP contribution is 2.48. The fourth-order valence-electron chi connectivity index (χ4n) is 3.84. The molecule has 2 saturated carbocycles. The molecule has 3 atom stereocenters. The third-order valence-electron chi connectivity index (χ3n) is 4.76. The number of hydrogen-bond donors (Lipinski definition) is 1. The highest BCUT2D eigenvalue weighted by molar-refractivity contribution is 5.50. The van der Waals surface area contributed by atoms with E-state index < -0.39 is 0 Å². The summed E-state index contributed by atoms with van der Waals surface area (Å²) in [7, 11) is 1.76. The summed E-state index contributed by atoms with van der Waals surface area (Å²) in [5, 5.41) is 3.64. The Kier molecular flexibility index (Phi) is 3.55. The zero-order chi connectivity index (χ0) is 12.4. The van der Waals surface area contributed by atoms with Crippen molar-refractivity contribution in [3.05, 3.63) is 29.8 Å².